The summed E-state index contributed by atoms with van der Waals surface area (Å²) in [5, 5.41) is 3.24. The van der Waals surface area contributed by atoms with E-state index in [0.29, 0.717) is 24.9 Å². The fourth-order valence-electron chi connectivity index (χ4n) is 3.70. The lowest BCUT2D eigenvalue weighted by molar-refractivity contribution is -0.125. The highest BCUT2D eigenvalue weighted by atomic mass is 16.1. The Morgan fingerprint density at radius 2 is 1.84 bits per heavy atom. The van der Waals surface area contributed by atoms with Gasteiger partial charge in [-0.2, -0.15) is 0 Å². The molecule has 1 amide bonds. The van der Waals surface area contributed by atoms with E-state index in [4.69, 9.17) is 5.73 Å². The van der Waals surface area contributed by atoms with Crippen LogP contribution in [0.2, 0.25) is 0 Å². The Hall–Kier alpha value is -0.570. The van der Waals surface area contributed by atoms with Gasteiger partial charge in [-0.1, -0.05) is 32.1 Å². The fraction of sp³-hybridized carbons (Fsp3) is 0.938. The number of amides is 1. The van der Waals surface area contributed by atoms with Crippen molar-refractivity contribution in [1.82, 2.24) is 5.32 Å². The number of hydrogen-bond donors (Lipinski definition) is 2. The minimum atomic E-state index is 0.132. The molecule has 1 atom stereocenters. The molecule has 19 heavy (non-hydrogen) atoms. The van der Waals surface area contributed by atoms with Crippen molar-refractivity contribution < 1.29 is 4.79 Å². The molecule has 0 unspecified atom stereocenters. The molecule has 0 aliphatic heterocycles. The number of rotatable bonds is 5. The van der Waals surface area contributed by atoms with Crippen LogP contribution in [0.5, 0.6) is 0 Å². The van der Waals surface area contributed by atoms with E-state index < -0.39 is 0 Å². The minimum absolute atomic E-state index is 0.132. The molecule has 0 aromatic heterocycles. The lowest BCUT2D eigenvalue weighted by Crippen LogP contribution is -2.45. The molecule has 2 aliphatic carbocycles. The average molecular weight is 266 g/mol. The molecule has 3 nitrogen and oxygen atoms in total. The topological polar surface area (TPSA) is 55.1 Å². The Kier molecular flexibility index (Phi) is 5.26. The maximum Gasteiger partial charge on any atom is 0.220 e. The molecule has 2 fully saturated rings. The van der Waals surface area contributed by atoms with E-state index in [2.05, 4.69) is 12.2 Å². The van der Waals surface area contributed by atoms with Crippen molar-refractivity contribution in [3.63, 3.8) is 0 Å². The van der Waals surface area contributed by atoms with E-state index in [9.17, 15) is 4.79 Å². The molecule has 0 aromatic carbocycles. The SMILES string of the molecule is C[C@@H](NC(=O)CC1(CN)CCC1)C1CCCCCC1. The number of carbonyl (C=O) groups excluding carboxylic acids is 1. The van der Waals surface area contributed by atoms with Gasteiger partial charge >= 0.3 is 0 Å². The molecule has 0 aromatic rings. The third-order valence-corrected chi connectivity index (χ3v) is 5.38. The van der Waals surface area contributed by atoms with Crippen LogP contribution in [0.1, 0.15) is 71.1 Å². The van der Waals surface area contributed by atoms with Crippen LogP contribution in [0.25, 0.3) is 0 Å². The van der Waals surface area contributed by atoms with Gasteiger partial charge in [0, 0.05) is 12.5 Å². The molecule has 110 valence electrons. The first-order chi connectivity index (χ1) is 9.15. The van der Waals surface area contributed by atoms with Crippen LogP contribution in [-0.2, 0) is 4.79 Å². The van der Waals surface area contributed by atoms with Crippen LogP contribution >= 0.6 is 0 Å². The van der Waals surface area contributed by atoms with Crippen molar-refractivity contribution in [2.45, 2.75) is 77.2 Å². The summed E-state index contributed by atoms with van der Waals surface area (Å²) >= 11 is 0. The molecular weight excluding hydrogens is 236 g/mol. The molecule has 0 saturated heterocycles. The van der Waals surface area contributed by atoms with Crippen molar-refractivity contribution in [3.05, 3.63) is 0 Å². The summed E-state index contributed by atoms with van der Waals surface area (Å²) in [6.07, 6.45) is 12.1. The molecular formula is C16H30N2O. The zero-order valence-electron chi connectivity index (χ0n) is 12.4. The number of hydrogen-bond acceptors (Lipinski definition) is 2. The van der Waals surface area contributed by atoms with Gasteiger partial charge < -0.3 is 11.1 Å². The Morgan fingerprint density at radius 1 is 1.21 bits per heavy atom. The normalized spacial score (nSPS) is 25.2. The van der Waals surface area contributed by atoms with Gasteiger partial charge in [0.1, 0.15) is 0 Å². The van der Waals surface area contributed by atoms with E-state index >= 15 is 0 Å². The van der Waals surface area contributed by atoms with Crippen molar-refractivity contribution >= 4 is 5.91 Å². The van der Waals surface area contributed by atoms with Crippen molar-refractivity contribution in [3.8, 4) is 0 Å². The van der Waals surface area contributed by atoms with E-state index in [1.54, 1.807) is 0 Å². The molecule has 3 N–H and O–H groups in total. The highest BCUT2D eigenvalue weighted by molar-refractivity contribution is 5.77. The predicted molar refractivity (Wildman–Crippen MR) is 78.8 cm³/mol. The van der Waals surface area contributed by atoms with Crippen molar-refractivity contribution in [2.75, 3.05) is 6.54 Å². The second kappa shape index (κ2) is 6.74. The first-order valence-electron chi connectivity index (χ1n) is 8.15. The van der Waals surface area contributed by atoms with Gasteiger partial charge in [0.05, 0.1) is 0 Å². The Balaban J connectivity index is 1.77. The molecule has 0 bridgehead atoms. The van der Waals surface area contributed by atoms with E-state index in [0.717, 1.165) is 12.8 Å². The van der Waals surface area contributed by atoms with Crippen LogP contribution in [0.15, 0.2) is 0 Å². The van der Waals surface area contributed by atoms with Gasteiger partial charge in [0.15, 0.2) is 0 Å². The molecule has 2 rings (SSSR count). The van der Waals surface area contributed by atoms with Gasteiger partial charge in [-0.3, -0.25) is 4.79 Å². The van der Waals surface area contributed by atoms with E-state index in [1.165, 1.54) is 44.9 Å². The lowest BCUT2D eigenvalue weighted by atomic mass is 9.66. The summed E-state index contributed by atoms with van der Waals surface area (Å²) in [5.74, 6) is 0.906. The molecule has 2 saturated carbocycles. The van der Waals surface area contributed by atoms with Crippen molar-refractivity contribution in [2.24, 2.45) is 17.1 Å². The predicted octanol–water partition coefficient (Wildman–Crippen LogP) is 2.98. The maximum absolute atomic E-state index is 12.2. The first kappa shape index (κ1) is 14.8. The smallest absolute Gasteiger partial charge is 0.220 e. The summed E-state index contributed by atoms with van der Waals surface area (Å²) in [7, 11) is 0. The summed E-state index contributed by atoms with van der Waals surface area (Å²) in [4.78, 5) is 12.2. The molecule has 0 heterocycles. The standard InChI is InChI=1S/C16H30N2O/c1-13(14-7-4-2-3-5-8-14)18-15(19)11-16(12-17)9-6-10-16/h13-14H,2-12,17H2,1H3,(H,18,19)/t13-/m1/s1. The highest BCUT2D eigenvalue weighted by Crippen LogP contribution is 2.42. The second-order valence-electron chi connectivity index (χ2n) is 6.84. The van der Waals surface area contributed by atoms with E-state index in [-0.39, 0.29) is 11.3 Å². The summed E-state index contributed by atoms with van der Waals surface area (Å²) < 4.78 is 0. The Labute approximate surface area is 117 Å². The number of nitrogens with two attached hydrogens (primary N) is 1. The lowest BCUT2D eigenvalue weighted by Gasteiger charge is -2.40. The largest absolute Gasteiger partial charge is 0.353 e. The molecule has 3 heteroatoms. The van der Waals surface area contributed by atoms with Gasteiger partial charge in [0.25, 0.3) is 0 Å². The van der Waals surface area contributed by atoms with Crippen LogP contribution in [0.3, 0.4) is 0 Å². The monoisotopic (exact) mass is 266 g/mol. The van der Waals surface area contributed by atoms with Gasteiger partial charge in [-0.15, -0.1) is 0 Å². The zero-order chi connectivity index (χ0) is 13.7. The second-order valence-corrected chi connectivity index (χ2v) is 6.84. The Bertz CT molecular complexity index is 286. The van der Waals surface area contributed by atoms with Crippen LogP contribution in [0.4, 0.5) is 0 Å². The molecule has 0 radical (unpaired) electrons. The number of nitrogens with one attached hydrogen (secondary N) is 1. The van der Waals surface area contributed by atoms with Crippen LogP contribution in [0, 0.1) is 11.3 Å². The average Bonchev–Trinajstić information content (AvgIpc) is 2.62. The quantitative estimate of drug-likeness (QED) is 0.752. The van der Waals surface area contributed by atoms with Gasteiger partial charge in [-0.25, -0.2) is 0 Å². The Morgan fingerprint density at radius 3 is 2.32 bits per heavy atom. The molecule has 0 spiro atoms. The summed E-state index contributed by atoms with van der Waals surface area (Å²) in [6, 6.07) is 0.334. The third-order valence-electron chi connectivity index (χ3n) is 5.38. The highest BCUT2D eigenvalue weighted by Gasteiger charge is 2.37. The number of carbonyl (C=O) groups is 1. The molecule has 2 aliphatic rings. The van der Waals surface area contributed by atoms with Gasteiger partial charge in [-0.05, 0) is 50.5 Å². The van der Waals surface area contributed by atoms with Crippen LogP contribution in [-0.4, -0.2) is 18.5 Å². The van der Waals surface area contributed by atoms with E-state index in [1.807, 2.05) is 0 Å². The third kappa shape index (κ3) is 3.95. The fourth-order valence-corrected chi connectivity index (χ4v) is 3.70. The minimum Gasteiger partial charge on any atom is -0.353 e. The summed E-state index contributed by atoms with van der Waals surface area (Å²) in [6.45, 7) is 2.85. The van der Waals surface area contributed by atoms with Crippen LogP contribution < -0.4 is 11.1 Å². The zero-order valence-corrected chi connectivity index (χ0v) is 12.4. The van der Waals surface area contributed by atoms with Crippen molar-refractivity contribution in [1.29, 1.82) is 0 Å². The first-order valence-corrected chi connectivity index (χ1v) is 8.15. The van der Waals surface area contributed by atoms with Gasteiger partial charge in [0.2, 0.25) is 5.91 Å². The maximum atomic E-state index is 12.2. The summed E-state index contributed by atoms with van der Waals surface area (Å²) in [5.41, 5.74) is 5.96.